The van der Waals surface area contributed by atoms with Crippen molar-refractivity contribution in [3.8, 4) is 5.75 Å². The van der Waals surface area contributed by atoms with E-state index in [0.29, 0.717) is 6.54 Å². The number of nitrogens with zero attached hydrogens (tertiary/aromatic N) is 2. The maximum absolute atomic E-state index is 5.84. The Bertz CT molecular complexity index is 497. The van der Waals surface area contributed by atoms with Crippen LogP contribution in [0.1, 0.15) is 31.2 Å². The van der Waals surface area contributed by atoms with Gasteiger partial charge in [-0.3, -0.25) is 0 Å². The third-order valence-electron chi connectivity index (χ3n) is 2.79. The molecule has 0 aliphatic rings. The molecule has 0 saturated heterocycles. The minimum Gasteiger partial charge on any atom is -0.491 e. The second-order valence-corrected chi connectivity index (χ2v) is 4.63. The van der Waals surface area contributed by atoms with Gasteiger partial charge in [-0.15, -0.1) is 0 Å². The maximum atomic E-state index is 5.84. The molecule has 1 aromatic heterocycles. The van der Waals surface area contributed by atoms with Crippen LogP contribution in [0.5, 0.6) is 5.75 Å². The van der Waals surface area contributed by atoms with Crippen LogP contribution in [0.15, 0.2) is 42.7 Å². The number of hydrogen-bond donors (Lipinski definition) is 1. The number of benzene rings is 1. The first-order chi connectivity index (χ1) is 9.20. The third-order valence-corrected chi connectivity index (χ3v) is 2.79. The molecule has 4 heteroatoms. The minimum absolute atomic E-state index is 0.0225. The van der Waals surface area contributed by atoms with Crippen molar-refractivity contribution < 1.29 is 4.74 Å². The van der Waals surface area contributed by atoms with E-state index in [0.717, 1.165) is 17.1 Å². The fraction of sp³-hybridized carbons (Fsp3) is 0.333. The molecule has 1 heterocycles. The van der Waals surface area contributed by atoms with Gasteiger partial charge in [0, 0.05) is 18.9 Å². The zero-order valence-electron chi connectivity index (χ0n) is 11.3. The third kappa shape index (κ3) is 3.51. The Morgan fingerprint density at radius 2 is 1.74 bits per heavy atom. The van der Waals surface area contributed by atoms with Gasteiger partial charge in [0.15, 0.2) is 0 Å². The van der Waals surface area contributed by atoms with Gasteiger partial charge >= 0.3 is 0 Å². The number of aromatic nitrogens is 2. The Kier molecular flexibility index (Phi) is 4.47. The lowest BCUT2D eigenvalue weighted by Gasteiger charge is -2.15. The maximum Gasteiger partial charge on any atom is 0.136 e. The van der Waals surface area contributed by atoms with Crippen molar-refractivity contribution in [3.05, 3.63) is 54.1 Å². The Morgan fingerprint density at radius 1 is 1.11 bits per heavy atom. The zero-order valence-corrected chi connectivity index (χ0v) is 11.3. The van der Waals surface area contributed by atoms with Crippen LogP contribution in [0.3, 0.4) is 0 Å². The predicted molar refractivity (Wildman–Crippen MR) is 75.1 cm³/mol. The minimum atomic E-state index is 0.0225. The number of ether oxygens (including phenoxy) is 1. The van der Waals surface area contributed by atoms with E-state index >= 15 is 0 Å². The molecule has 19 heavy (non-hydrogen) atoms. The monoisotopic (exact) mass is 257 g/mol. The second-order valence-electron chi connectivity index (χ2n) is 4.63. The van der Waals surface area contributed by atoms with Gasteiger partial charge in [-0.1, -0.05) is 12.1 Å². The molecule has 0 saturated carbocycles. The van der Waals surface area contributed by atoms with Crippen LogP contribution in [-0.4, -0.2) is 22.6 Å². The summed E-state index contributed by atoms with van der Waals surface area (Å²) >= 11 is 0. The normalized spacial score (nSPS) is 12.4. The molecule has 2 rings (SSSR count). The van der Waals surface area contributed by atoms with E-state index in [1.165, 1.54) is 0 Å². The molecule has 0 aliphatic carbocycles. The smallest absolute Gasteiger partial charge is 0.136 e. The molecule has 1 atom stereocenters. The molecule has 100 valence electrons. The van der Waals surface area contributed by atoms with Crippen LogP contribution in [0.25, 0.3) is 0 Å². The number of nitrogens with two attached hydrogens (primary N) is 1. The second kappa shape index (κ2) is 6.29. The summed E-state index contributed by atoms with van der Waals surface area (Å²) in [6.07, 6.45) is 3.65. The summed E-state index contributed by atoms with van der Waals surface area (Å²) in [6, 6.07) is 9.76. The van der Waals surface area contributed by atoms with Crippen LogP contribution in [0.2, 0.25) is 0 Å². The highest BCUT2D eigenvalue weighted by Crippen LogP contribution is 2.23. The molecule has 1 unspecified atom stereocenters. The van der Waals surface area contributed by atoms with Gasteiger partial charge < -0.3 is 10.5 Å². The van der Waals surface area contributed by atoms with Crippen molar-refractivity contribution in [1.29, 1.82) is 0 Å². The molecule has 2 aromatic rings. The lowest BCUT2D eigenvalue weighted by molar-refractivity contribution is 0.242. The van der Waals surface area contributed by atoms with Crippen LogP contribution in [0.4, 0.5) is 0 Å². The molecular weight excluding hydrogens is 238 g/mol. The Balaban J connectivity index is 2.20. The highest BCUT2D eigenvalue weighted by atomic mass is 16.5. The molecule has 0 amide bonds. The molecule has 2 N–H and O–H groups in total. The lowest BCUT2D eigenvalue weighted by Crippen LogP contribution is -2.16. The number of hydrogen-bond acceptors (Lipinski definition) is 4. The molecule has 0 spiro atoms. The summed E-state index contributed by atoms with van der Waals surface area (Å²) in [7, 11) is 0. The van der Waals surface area contributed by atoms with E-state index in [1.807, 2.05) is 38.1 Å². The molecular formula is C15H19N3O. The quantitative estimate of drug-likeness (QED) is 0.893. The van der Waals surface area contributed by atoms with Gasteiger partial charge in [-0.2, -0.15) is 0 Å². The Morgan fingerprint density at radius 3 is 2.26 bits per heavy atom. The van der Waals surface area contributed by atoms with Crippen molar-refractivity contribution in [2.45, 2.75) is 25.9 Å². The van der Waals surface area contributed by atoms with E-state index in [2.05, 4.69) is 9.97 Å². The van der Waals surface area contributed by atoms with Crippen molar-refractivity contribution in [2.75, 3.05) is 6.54 Å². The van der Waals surface area contributed by atoms with E-state index in [-0.39, 0.29) is 12.0 Å². The first-order valence-corrected chi connectivity index (χ1v) is 6.44. The van der Waals surface area contributed by atoms with Crippen LogP contribution in [0, 0.1) is 0 Å². The fourth-order valence-electron chi connectivity index (χ4n) is 1.93. The fourth-order valence-corrected chi connectivity index (χ4v) is 1.93. The summed E-state index contributed by atoms with van der Waals surface area (Å²) < 4.78 is 5.63. The average molecular weight is 257 g/mol. The average Bonchev–Trinajstić information content (AvgIpc) is 2.42. The first-order valence-electron chi connectivity index (χ1n) is 6.44. The molecule has 0 radical (unpaired) electrons. The molecule has 4 nitrogen and oxygen atoms in total. The van der Waals surface area contributed by atoms with Gasteiger partial charge in [-0.05, 0) is 37.6 Å². The SMILES string of the molecule is CC(C)Oc1ccc(C(CN)c2ncccn2)cc1. The van der Waals surface area contributed by atoms with Crippen LogP contribution < -0.4 is 10.5 Å². The van der Waals surface area contributed by atoms with Gasteiger partial charge in [0.2, 0.25) is 0 Å². The van der Waals surface area contributed by atoms with Gasteiger partial charge in [0.25, 0.3) is 0 Å². The highest BCUT2D eigenvalue weighted by molar-refractivity contribution is 5.32. The van der Waals surface area contributed by atoms with Crippen LogP contribution in [-0.2, 0) is 0 Å². The molecule has 0 bridgehead atoms. The molecule has 0 aliphatic heterocycles. The van der Waals surface area contributed by atoms with Crippen molar-refractivity contribution in [1.82, 2.24) is 9.97 Å². The summed E-state index contributed by atoms with van der Waals surface area (Å²) in [6.45, 7) is 4.50. The lowest BCUT2D eigenvalue weighted by atomic mass is 9.98. The standard InChI is InChI=1S/C15H19N3O/c1-11(2)19-13-6-4-12(5-7-13)14(10-16)15-17-8-3-9-18-15/h3-9,11,14H,10,16H2,1-2H3. The van der Waals surface area contributed by atoms with E-state index < -0.39 is 0 Å². The Hall–Kier alpha value is -1.94. The van der Waals surface area contributed by atoms with Crippen molar-refractivity contribution >= 4 is 0 Å². The first kappa shape index (κ1) is 13.5. The zero-order chi connectivity index (χ0) is 13.7. The molecule has 0 fully saturated rings. The van der Waals surface area contributed by atoms with Crippen LogP contribution >= 0.6 is 0 Å². The van der Waals surface area contributed by atoms with E-state index in [4.69, 9.17) is 10.5 Å². The number of rotatable bonds is 5. The highest BCUT2D eigenvalue weighted by Gasteiger charge is 2.14. The van der Waals surface area contributed by atoms with Crippen molar-refractivity contribution in [3.63, 3.8) is 0 Å². The van der Waals surface area contributed by atoms with Gasteiger partial charge in [0.05, 0.1) is 12.0 Å². The van der Waals surface area contributed by atoms with Gasteiger partial charge in [-0.25, -0.2) is 9.97 Å². The summed E-state index contributed by atoms with van der Waals surface area (Å²) in [4.78, 5) is 8.55. The summed E-state index contributed by atoms with van der Waals surface area (Å²) in [5.74, 6) is 1.64. The Labute approximate surface area is 113 Å². The van der Waals surface area contributed by atoms with E-state index in [1.54, 1.807) is 18.5 Å². The summed E-state index contributed by atoms with van der Waals surface area (Å²) in [5, 5.41) is 0. The molecule has 1 aromatic carbocycles. The predicted octanol–water partition coefficient (Wildman–Crippen LogP) is 2.35. The summed E-state index contributed by atoms with van der Waals surface area (Å²) in [5.41, 5.74) is 6.95. The van der Waals surface area contributed by atoms with E-state index in [9.17, 15) is 0 Å². The van der Waals surface area contributed by atoms with Crippen molar-refractivity contribution in [2.24, 2.45) is 5.73 Å². The largest absolute Gasteiger partial charge is 0.491 e. The topological polar surface area (TPSA) is 61.0 Å². The van der Waals surface area contributed by atoms with Gasteiger partial charge in [0.1, 0.15) is 11.6 Å².